The Bertz CT molecular complexity index is 8350. The van der Waals surface area contributed by atoms with Crippen molar-refractivity contribution >= 4 is 149 Å². The van der Waals surface area contributed by atoms with E-state index in [-0.39, 0.29) is 33.5 Å². The van der Waals surface area contributed by atoms with Crippen molar-refractivity contribution in [2.75, 3.05) is 0 Å². The van der Waals surface area contributed by atoms with Gasteiger partial charge in [0.1, 0.15) is 16.7 Å². The van der Waals surface area contributed by atoms with Gasteiger partial charge in [-0.15, -0.1) is 0 Å². The molecule has 27 rings (SSSR count). The second kappa shape index (κ2) is 29.9. The Morgan fingerprint density at radius 2 is 0.315 bits per heavy atom. The molecule has 0 saturated heterocycles. The molecule has 130 heavy (non-hydrogen) atoms. The number of hydrogen-bond donors (Lipinski definition) is 9. The first kappa shape index (κ1) is 76.2. The number of fused-ring (bicyclic) bond motifs is 60. The Labute approximate surface area is 747 Å². The summed E-state index contributed by atoms with van der Waals surface area (Å²) in [4.78, 5) is 91.0. The minimum Gasteiger partial charge on any atom is -0.478 e. The molecule has 6 aliphatic heterocycles. The SMILES string of the molecule is O=C(O)c1c2nc(cc3[nH]c(cc4nc(cc5[nH]c1c1ccccc51)-c1ccccc1-4)c1ccccc31)-c1ccccc1-2.O=C(O)c1c2nc(cc3[nH]c(cc4nc(cc5[nH]c1c1ccccc51)-c1ccccc1-4)c1ccccc31)-c1ccccc1-2.O=C(O)c1c2nc(cc3[nH]c(cc4nc(cc5[nH]c1c1ccccc51)-c1ccccc1-4)c1ccccc31)-c1ccccc1-2.[Co]. The Morgan fingerprint density at radius 1 is 0.177 bits per heavy atom. The van der Waals surface area contributed by atoms with Gasteiger partial charge in [-0.05, 0) is 54.6 Å². The molecule has 0 unspecified atom stereocenters. The smallest absolute Gasteiger partial charge is 0.340 e. The summed E-state index contributed by atoms with van der Waals surface area (Å²) >= 11 is 0. The number of carboxylic acids is 3. The predicted molar refractivity (Wildman–Crippen MR) is 515 cm³/mol. The molecular formula is C111H66CoN12O6. The summed E-state index contributed by atoms with van der Waals surface area (Å²) in [6.45, 7) is 0. The van der Waals surface area contributed by atoms with E-state index in [4.69, 9.17) is 29.9 Å². The fourth-order valence-electron chi connectivity index (χ4n) is 19.7. The Kier molecular flexibility index (Phi) is 17.5. The summed E-state index contributed by atoms with van der Waals surface area (Å²) in [7, 11) is 0. The molecule has 0 aliphatic carbocycles. The van der Waals surface area contributed by atoms with Crippen LogP contribution in [0.2, 0.25) is 0 Å². The standard InChI is InChI=1S/3C37H22N4O2.Co/c3*42-37(43)34-35-26-15-7-5-13-24(26)32(40-35)18-30-22-11-3-1-9-20(22)28(38-30)17-29-21-10-2-4-12-23(21)31(39-29)19-33-25-14-6-8-16-27(25)36(34)41-33;/h3*1-19,38,41H,(H,42,43);. The van der Waals surface area contributed by atoms with Crippen molar-refractivity contribution in [3.63, 3.8) is 0 Å². The molecule has 615 valence electrons. The number of hydrogen-bond acceptors (Lipinski definition) is 9. The van der Waals surface area contributed by atoms with E-state index in [0.717, 1.165) is 215 Å². The van der Waals surface area contributed by atoms with Crippen LogP contribution in [-0.2, 0) is 16.8 Å². The summed E-state index contributed by atoms with van der Waals surface area (Å²) < 4.78 is 0. The second-order valence-electron chi connectivity index (χ2n) is 32.7. The topological polar surface area (TPSA) is 284 Å². The number of aromatic amines is 6. The quantitative estimate of drug-likeness (QED) is 0.0798. The van der Waals surface area contributed by atoms with Crippen LogP contribution < -0.4 is 0 Å². The van der Waals surface area contributed by atoms with Gasteiger partial charge in [0, 0.05) is 198 Å². The predicted octanol–water partition coefficient (Wildman–Crippen LogP) is 27.0. The van der Waals surface area contributed by atoms with Gasteiger partial charge in [-0.25, -0.2) is 44.3 Å². The molecule has 9 N–H and O–H groups in total. The zero-order chi connectivity index (χ0) is 86.0. The van der Waals surface area contributed by atoms with Gasteiger partial charge < -0.3 is 45.2 Å². The molecule has 24 bridgehead atoms. The maximum Gasteiger partial charge on any atom is 0.340 e. The molecular weight excluding hydrogens is 1660 g/mol. The van der Waals surface area contributed by atoms with Crippen molar-refractivity contribution in [3.8, 4) is 135 Å². The molecule has 1 radical (unpaired) electrons. The van der Waals surface area contributed by atoms with Crippen LogP contribution >= 0.6 is 0 Å². The minimum atomic E-state index is -1.05. The molecule has 21 aromatic rings. The summed E-state index contributed by atoms with van der Waals surface area (Å²) in [5, 5.41) is 43.7. The monoisotopic (exact) mass is 1720 g/mol. The number of benzene rings is 12. The molecule has 18 nitrogen and oxygen atoms in total. The van der Waals surface area contributed by atoms with Crippen LogP contribution in [0, 0.1) is 0 Å². The minimum absolute atomic E-state index is 0. The molecule has 19 heteroatoms. The number of aromatic nitrogens is 12. The van der Waals surface area contributed by atoms with E-state index >= 15 is 0 Å². The van der Waals surface area contributed by atoms with E-state index in [1.165, 1.54) is 0 Å². The molecule has 0 fully saturated rings. The van der Waals surface area contributed by atoms with E-state index in [2.05, 4.69) is 121 Å². The van der Waals surface area contributed by atoms with E-state index in [9.17, 15) is 29.7 Å². The average Bonchev–Trinajstić information content (AvgIpc) is 1.59. The van der Waals surface area contributed by atoms with E-state index in [1.54, 1.807) is 0 Å². The first-order valence-electron chi connectivity index (χ1n) is 42.3. The zero-order valence-corrected chi connectivity index (χ0v) is 69.5. The zero-order valence-electron chi connectivity index (χ0n) is 68.5. The molecule has 6 aliphatic rings. The van der Waals surface area contributed by atoms with Gasteiger partial charge in [-0.3, -0.25) is 0 Å². The van der Waals surface area contributed by atoms with Crippen molar-refractivity contribution in [2.24, 2.45) is 0 Å². The van der Waals surface area contributed by atoms with Gasteiger partial charge in [-0.2, -0.15) is 0 Å². The van der Waals surface area contributed by atoms with Gasteiger partial charge in [0.15, 0.2) is 0 Å². The van der Waals surface area contributed by atoms with Crippen LogP contribution in [0.25, 0.3) is 266 Å². The number of carbonyl (C=O) groups is 3. The van der Waals surface area contributed by atoms with Gasteiger partial charge in [-0.1, -0.05) is 291 Å². The number of aromatic carboxylic acids is 3. The van der Waals surface area contributed by atoms with E-state index in [0.29, 0.717) is 50.7 Å². The molecule has 0 amide bonds. The van der Waals surface area contributed by atoms with Crippen LogP contribution in [0.4, 0.5) is 0 Å². The third-order valence-electron chi connectivity index (χ3n) is 25.4. The van der Waals surface area contributed by atoms with Crippen molar-refractivity contribution in [1.29, 1.82) is 0 Å². The van der Waals surface area contributed by atoms with Gasteiger partial charge >= 0.3 is 17.9 Å². The fraction of sp³-hybridized carbons (Fsp3) is 0. The largest absolute Gasteiger partial charge is 0.478 e. The van der Waals surface area contributed by atoms with Crippen LogP contribution in [0.5, 0.6) is 0 Å². The van der Waals surface area contributed by atoms with E-state index in [1.807, 2.05) is 255 Å². The molecule has 15 heterocycles. The van der Waals surface area contributed by atoms with Crippen molar-refractivity contribution in [2.45, 2.75) is 0 Å². The average molecular weight is 1720 g/mol. The second-order valence-corrected chi connectivity index (χ2v) is 32.7. The van der Waals surface area contributed by atoms with Crippen LogP contribution in [0.15, 0.2) is 346 Å². The van der Waals surface area contributed by atoms with E-state index < -0.39 is 17.9 Å². The molecule has 0 atom stereocenters. The summed E-state index contributed by atoms with van der Waals surface area (Å²) in [5.74, 6) is -3.14. The Balaban J connectivity index is 0.000000108. The van der Waals surface area contributed by atoms with Crippen molar-refractivity contribution in [3.05, 3.63) is 362 Å². The van der Waals surface area contributed by atoms with Crippen LogP contribution in [0.3, 0.4) is 0 Å². The summed E-state index contributed by atoms with van der Waals surface area (Å²) in [6, 6.07) is 115. The number of nitrogens with one attached hydrogen (secondary N) is 6. The number of carboxylic acid groups (broad SMARTS) is 3. The van der Waals surface area contributed by atoms with Crippen LogP contribution in [-0.4, -0.2) is 93.0 Å². The van der Waals surface area contributed by atoms with Crippen molar-refractivity contribution < 1.29 is 46.5 Å². The Morgan fingerprint density at radius 3 is 0.500 bits per heavy atom. The maximum atomic E-state index is 13.1. The number of rotatable bonds is 3. The first-order chi connectivity index (χ1) is 63.4. The molecule has 9 aromatic heterocycles. The number of nitrogens with zero attached hydrogens (tertiary/aromatic N) is 6. The third-order valence-corrected chi connectivity index (χ3v) is 25.4. The molecule has 0 saturated carbocycles. The third kappa shape index (κ3) is 12.1. The van der Waals surface area contributed by atoms with Crippen molar-refractivity contribution in [1.82, 2.24) is 59.8 Å². The normalized spacial score (nSPS) is 11.8. The first-order valence-corrected chi connectivity index (χ1v) is 42.3. The number of H-pyrrole nitrogens is 6. The van der Waals surface area contributed by atoms with Gasteiger partial charge in [0.25, 0.3) is 0 Å². The maximum absolute atomic E-state index is 13.1. The fourth-order valence-corrected chi connectivity index (χ4v) is 19.7. The van der Waals surface area contributed by atoms with Crippen LogP contribution in [0.1, 0.15) is 31.1 Å². The van der Waals surface area contributed by atoms with Gasteiger partial charge in [0.05, 0.1) is 84.9 Å². The summed E-state index contributed by atoms with van der Waals surface area (Å²) in [6.07, 6.45) is 0. The van der Waals surface area contributed by atoms with Gasteiger partial charge in [0.2, 0.25) is 0 Å². The summed E-state index contributed by atoms with van der Waals surface area (Å²) in [5.41, 5.74) is 29.5. The Hall–Kier alpha value is -17.5. The molecule has 12 aromatic carbocycles. The molecule has 0 spiro atoms.